The average molecular weight is 653 g/mol. The molecule has 244 valence electrons. The lowest BCUT2D eigenvalue weighted by Crippen LogP contribution is -2.48. The predicted octanol–water partition coefficient (Wildman–Crippen LogP) is 3.99. The number of aliphatic hydroxyl groups excluding tert-OH is 1. The molecule has 10 nitrogen and oxygen atoms in total. The molecule has 3 aromatic carbocycles. The number of carbonyl (C=O) groups excluding carboxylic acids is 2. The van der Waals surface area contributed by atoms with Gasteiger partial charge in [-0.1, -0.05) is 49.4 Å². The van der Waals surface area contributed by atoms with Crippen LogP contribution in [0.3, 0.4) is 0 Å². The Morgan fingerprint density at radius 1 is 1.11 bits per heavy atom. The number of H-pyrrole nitrogens is 1. The summed E-state index contributed by atoms with van der Waals surface area (Å²) < 4.78 is 8.36. The van der Waals surface area contributed by atoms with Crippen LogP contribution in [0.25, 0.3) is 16.6 Å². The predicted molar refractivity (Wildman–Crippen MR) is 182 cm³/mol. The minimum Gasteiger partial charge on any atom is -0.432 e. The molecular formula is C36H40N4O6Si. The number of para-hydroxylation sites is 1. The smallest absolute Gasteiger partial charge is 0.279 e. The van der Waals surface area contributed by atoms with E-state index in [-0.39, 0.29) is 43.0 Å². The zero-order valence-electron chi connectivity index (χ0n) is 26.8. The Morgan fingerprint density at radius 3 is 2.53 bits per heavy atom. The first-order chi connectivity index (χ1) is 22.5. The lowest BCUT2D eigenvalue weighted by atomic mass is 9.82. The van der Waals surface area contributed by atoms with Gasteiger partial charge in [0.05, 0.1) is 47.5 Å². The molecule has 1 fully saturated rings. The van der Waals surface area contributed by atoms with Gasteiger partial charge in [0, 0.05) is 30.1 Å². The Balaban J connectivity index is 1.30. The number of benzene rings is 3. The Hall–Kier alpha value is -4.29. The molecular weight excluding hydrogens is 613 g/mol. The van der Waals surface area contributed by atoms with Gasteiger partial charge in [-0.25, -0.2) is 4.68 Å². The Kier molecular flexibility index (Phi) is 7.63. The highest BCUT2D eigenvalue weighted by molar-refractivity contribution is 6.71. The molecule has 2 amide bonds. The van der Waals surface area contributed by atoms with Gasteiger partial charge < -0.3 is 24.4 Å². The molecule has 0 radical (unpaired) electrons. The molecule has 7 rings (SSSR count). The number of hydrogen-bond donors (Lipinski definition) is 3. The number of aromatic nitrogens is 2. The van der Waals surface area contributed by atoms with Crippen molar-refractivity contribution in [2.24, 2.45) is 5.92 Å². The number of fused-ring (bicyclic) bond motifs is 4. The van der Waals surface area contributed by atoms with Gasteiger partial charge in [0.15, 0.2) is 13.9 Å². The quantitative estimate of drug-likeness (QED) is 0.205. The Morgan fingerprint density at radius 2 is 1.83 bits per heavy atom. The summed E-state index contributed by atoms with van der Waals surface area (Å²) in [7, 11) is -3.04. The molecule has 3 N–H and O–H groups in total. The van der Waals surface area contributed by atoms with Crippen LogP contribution in [0, 0.1) is 5.92 Å². The first-order valence-corrected chi connectivity index (χ1v) is 19.2. The minimum atomic E-state index is -3.04. The normalized spacial score (nSPS) is 25.4. The van der Waals surface area contributed by atoms with Crippen molar-refractivity contribution >= 4 is 36.7 Å². The molecule has 0 saturated carbocycles. The largest absolute Gasteiger partial charge is 0.432 e. The highest BCUT2D eigenvalue weighted by Gasteiger charge is 2.66. The molecule has 1 saturated heterocycles. The van der Waals surface area contributed by atoms with E-state index < -0.39 is 31.5 Å². The number of amides is 2. The van der Waals surface area contributed by atoms with Crippen LogP contribution in [0.15, 0.2) is 84.2 Å². The second-order valence-corrected chi connectivity index (χ2v) is 17.6. The van der Waals surface area contributed by atoms with Crippen molar-refractivity contribution in [1.82, 2.24) is 14.7 Å². The monoisotopic (exact) mass is 652 g/mol. The van der Waals surface area contributed by atoms with E-state index in [1.165, 1.54) is 4.68 Å². The number of nitrogens with zero attached hydrogens (tertiary/aromatic N) is 3. The van der Waals surface area contributed by atoms with Crippen LogP contribution in [0.5, 0.6) is 0 Å². The second kappa shape index (κ2) is 11.4. The van der Waals surface area contributed by atoms with Crippen LogP contribution in [-0.2, 0) is 32.9 Å². The summed E-state index contributed by atoms with van der Waals surface area (Å²) in [6, 6.07) is 20.3. The Bertz CT molecular complexity index is 1960. The van der Waals surface area contributed by atoms with Gasteiger partial charge in [-0.3, -0.25) is 19.5 Å². The zero-order chi connectivity index (χ0) is 33.2. The number of hydrogen-bond acceptors (Lipinski definition) is 6. The SMILES string of the molecule is C=CCN1C(=O)[C@]2(O[C@H](CC(=O)N3Cc4ccccc4C[C@H]3CO)[C@@H]([Si](C)(C)O)[C@@H]2C)c2cc(-n3[nH]c4ccccc4c3=O)ccc21. The van der Waals surface area contributed by atoms with E-state index in [1.807, 2.05) is 74.6 Å². The molecule has 0 bridgehead atoms. The van der Waals surface area contributed by atoms with Crippen LogP contribution in [0.4, 0.5) is 5.69 Å². The fourth-order valence-electron chi connectivity index (χ4n) is 8.29. The average Bonchev–Trinajstić information content (AvgIpc) is 3.63. The van der Waals surface area contributed by atoms with Gasteiger partial charge in [0.1, 0.15) is 0 Å². The summed E-state index contributed by atoms with van der Waals surface area (Å²) in [5.74, 6) is -0.958. The van der Waals surface area contributed by atoms with Crippen LogP contribution in [0.2, 0.25) is 18.6 Å². The molecule has 1 spiro atoms. The second-order valence-electron chi connectivity index (χ2n) is 13.6. The molecule has 4 heterocycles. The summed E-state index contributed by atoms with van der Waals surface area (Å²) in [6.07, 6.45) is 1.41. The topological polar surface area (TPSA) is 128 Å². The zero-order valence-corrected chi connectivity index (χ0v) is 27.8. The summed E-state index contributed by atoms with van der Waals surface area (Å²) in [5.41, 5.74) is 2.46. The molecule has 11 heteroatoms. The first-order valence-electron chi connectivity index (χ1n) is 16.1. The number of rotatable bonds is 7. The van der Waals surface area contributed by atoms with Gasteiger partial charge in [0.2, 0.25) is 5.91 Å². The third kappa shape index (κ3) is 4.83. The maximum absolute atomic E-state index is 14.6. The fraction of sp³-hybridized carbons (Fsp3) is 0.361. The van der Waals surface area contributed by atoms with Crippen molar-refractivity contribution in [2.45, 2.75) is 62.7 Å². The molecule has 3 aliphatic rings. The van der Waals surface area contributed by atoms with Crippen molar-refractivity contribution in [2.75, 3.05) is 18.1 Å². The van der Waals surface area contributed by atoms with E-state index in [2.05, 4.69) is 11.7 Å². The van der Waals surface area contributed by atoms with Crippen LogP contribution < -0.4 is 10.5 Å². The van der Waals surface area contributed by atoms with Crippen molar-refractivity contribution in [3.05, 3.63) is 106 Å². The fourth-order valence-corrected chi connectivity index (χ4v) is 10.8. The van der Waals surface area contributed by atoms with Gasteiger partial charge in [0.25, 0.3) is 11.5 Å². The summed E-state index contributed by atoms with van der Waals surface area (Å²) in [6.45, 7) is 9.88. The van der Waals surface area contributed by atoms with Crippen molar-refractivity contribution in [3.63, 3.8) is 0 Å². The highest BCUT2D eigenvalue weighted by atomic mass is 28.4. The van der Waals surface area contributed by atoms with E-state index >= 15 is 0 Å². The molecule has 3 aliphatic heterocycles. The third-order valence-electron chi connectivity index (χ3n) is 10.4. The number of ether oxygens (including phenoxy) is 1. The molecule has 0 aliphatic carbocycles. The Labute approximate surface area is 274 Å². The number of anilines is 1. The number of aromatic amines is 1. The van der Waals surface area contributed by atoms with E-state index in [0.717, 1.165) is 11.1 Å². The first kappa shape index (κ1) is 31.3. The van der Waals surface area contributed by atoms with Gasteiger partial charge in [-0.15, -0.1) is 6.58 Å². The maximum atomic E-state index is 14.6. The van der Waals surface area contributed by atoms with Crippen LogP contribution >= 0.6 is 0 Å². The minimum absolute atomic E-state index is 0.0440. The van der Waals surface area contributed by atoms with Gasteiger partial charge in [-0.2, -0.15) is 0 Å². The number of aliphatic hydroxyl groups is 1. The van der Waals surface area contributed by atoms with Crippen molar-refractivity contribution < 1.29 is 24.2 Å². The van der Waals surface area contributed by atoms with E-state index in [9.17, 15) is 24.3 Å². The number of carbonyl (C=O) groups is 2. The van der Waals surface area contributed by atoms with Crippen molar-refractivity contribution in [3.8, 4) is 5.69 Å². The third-order valence-corrected chi connectivity index (χ3v) is 12.9. The van der Waals surface area contributed by atoms with Gasteiger partial charge >= 0.3 is 0 Å². The van der Waals surface area contributed by atoms with Crippen LogP contribution in [-0.4, -0.2) is 70.0 Å². The van der Waals surface area contributed by atoms with E-state index in [1.54, 1.807) is 28.0 Å². The van der Waals surface area contributed by atoms with Gasteiger partial charge in [-0.05, 0) is 61.0 Å². The molecule has 5 atom stereocenters. The molecule has 1 aromatic heterocycles. The molecule has 47 heavy (non-hydrogen) atoms. The molecule has 4 aromatic rings. The standard InChI is InChI=1S/C36H40N4O6Si/c1-5-16-38-30-15-14-25(40-34(43)27-12-8-9-13-29(27)37-40)18-28(30)36(35(38)44)22(2)33(47(3,4)45)31(46-36)19-32(42)39-20-24-11-7-6-10-23(24)17-26(39)21-41/h5-15,18,22,26,31,33,37,41,45H,1,16-17,19-21H2,2-4H3/t22-,26-,31+,33-,36+/m0/s1. The number of nitrogens with one attached hydrogen (secondary N) is 1. The van der Waals surface area contributed by atoms with Crippen molar-refractivity contribution in [1.29, 1.82) is 0 Å². The summed E-state index contributed by atoms with van der Waals surface area (Å²) in [5, 5.41) is 14.0. The highest BCUT2D eigenvalue weighted by Crippen LogP contribution is 2.60. The van der Waals surface area contributed by atoms with Crippen LogP contribution in [0.1, 0.15) is 30.0 Å². The lowest BCUT2D eigenvalue weighted by Gasteiger charge is -2.37. The molecule has 0 unspecified atom stereocenters. The summed E-state index contributed by atoms with van der Waals surface area (Å²) >= 11 is 0. The van der Waals surface area contributed by atoms with E-state index in [4.69, 9.17) is 4.74 Å². The summed E-state index contributed by atoms with van der Waals surface area (Å²) in [4.78, 5) is 57.1. The lowest BCUT2D eigenvalue weighted by molar-refractivity contribution is -0.150. The maximum Gasteiger partial charge on any atom is 0.279 e. The van der Waals surface area contributed by atoms with E-state index in [0.29, 0.717) is 40.8 Å².